The van der Waals surface area contributed by atoms with Crippen LogP contribution in [0.5, 0.6) is 0 Å². The minimum absolute atomic E-state index is 0.284. The Labute approximate surface area is 217 Å². The number of esters is 1. The quantitative estimate of drug-likeness (QED) is 0.352. The number of hydrogen-bond donors (Lipinski definition) is 1. The Morgan fingerprint density at radius 2 is 1.84 bits per heavy atom. The van der Waals surface area contributed by atoms with E-state index >= 15 is 0 Å². The van der Waals surface area contributed by atoms with Crippen LogP contribution in [-0.4, -0.2) is 48.1 Å². The van der Waals surface area contributed by atoms with Crippen molar-refractivity contribution >= 4 is 45.2 Å². The lowest BCUT2D eigenvalue weighted by Gasteiger charge is -2.26. The van der Waals surface area contributed by atoms with Crippen molar-refractivity contribution in [2.24, 2.45) is 0 Å². The number of carbonyl (C=O) groups is 3. The van der Waals surface area contributed by atoms with E-state index in [0.29, 0.717) is 52.2 Å². The maximum atomic E-state index is 13.7. The number of para-hydroxylation sites is 1. The molecule has 5 rings (SSSR count). The number of benzene rings is 2. The van der Waals surface area contributed by atoms with E-state index in [1.807, 2.05) is 54.6 Å². The second-order valence-corrected chi connectivity index (χ2v) is 9.57. The number of nitrogens with zero attached hydrogens (tertiary/aromatic N) is 2. The van der Waals surface area contributed by atoms with E-state index in [2.05, 4.69) is 5.32 Å². The van der Waals surface area contributed by atoms with Gasteiger partial charge in [0.1, 0.15) is 5.00 Å². The van der Waals surface area contributed by atoms with Crippen LogP contribution in [0.15, 0.2) is 60.7 Å². The zero-order valence-electron chi connectivity index (χ0n) is 20.4. The van der Waals surface area contributed by atoms with Gasteiger partial charge < -0.3 is 19.7 Å². The van der Waals surface area contributed by atoms with Gasteiger partial charge in [-0.25, -0.2) is 14.6 Å². The molecule has 4 aromatic rings. The molecule has 0 radical (unpaired) electrons. The predicted molar refractivity (Wildman–Crippen MR) is 142 cm³/mol. The van der Waals surface area contributed by atoms with Gasteiger partial charge in [0, 0.05) is 22.4 Å². The molecule has 0 fully saturated rings. The summed E-state index contributed by atoms with van der Waals surface area (Å²) in [6, 6.07) is 18.9. The summed E-state index contributed by atoms with van der Waals surface area (Å²) < 4.78 is 10.2. The van der Waals surface area contributed by atoms with Crippen LogP contribution in [-0.2, 0) is 22.4 Å². The third kappa shape index (κ3) is 4.77. The first kappa shape index (κ1) is 24.5. The summed E-state index contributed by atoms with van der Waals surface area (Å²) in [7, 11) is 1.31. The van der Waals surface area contributed by atoms with Gasteiger partial charge in [-0.3, -0.25) is 4.79 Å². The molecule has 2 amide bonds. The number of methoxy groups -OCH3 is 1. The fourth-order valence-electron chi connectivity index (χ4n) is 4.47. The average Bonchev–Trinajstić information content (AvgIpc) is 3.29. The third-order valence-corrected chi connectivity index (χ3v) is 7.36. The highest BCUT2D eigenvalue weighted by atomic mass is 32.1. The standard InChI is InChI=1S/C28H25N3O5S/c1-3-36-28(34)31-14-13-19-23(16-31)37-26(24(19)27(33)35-2)30-25(32)20-15-22(17-9-5-4-6-10-17)29-21-12-8-7-11-18(20)21/h4-12,15H,3,13-14,16H2,1-2H3,(H,30,32). The second-order valence-electron chi connectivity index (χ2n) is 8.46. The van der Waals surface area contributed by atoms with Gasteiger partial charge in [0.05, 0.1) is 42.6 Å². The van der Waals surface area contributed by atoms with E-state index in [-0.39, 0.29) is 12.5 Å². The zero-order chi connectivity index (χ0) is 25.9. The number of ether oxygens (including phenoxy) is 2. The summed E-state index contributed by atoms with van der Waals surface area (Å²) in [6.07, 6.45) is 0.0600. The molecule has 0 saturated heterocycles. The molecule has 0 atom stereocenters. The molecule has 0 aliphatic carbocycles. The molecule has 3 heterocycles. The van der Waals surface area contributed by atoms with Crippen LogP contribution in [0.2, 0.25) is 0 Å². The molecule has 0 spiro atoms. The lowest BCUT2D eigenvalue weighted by atomic mass is 10.0. The molecule has 188 valence electrons. The van der Waals surface area contributed by atoms with E-state index in [1.54, 1.807) is 17.9 Å². The molecule has 0 bridgehead atoms. The molecular formula is C28H25N3O5S. The maximum Gasteiger partial charge on any atom is 0.410 e. The van der Waals surface area contributed by atoms with Crippen molar-refractivity contribution in [3.05, 3.63) is 82.2 Å². The summed E-state index contributed by atoms with van der Waals surface area (Å²) in [5, 5.41) is 4.06. The fraction of sp³-hybridized carbons (Fsp3) is 0.214. The van der Waals surface area contributed by atoms with Crippen molar-refractivity contribution in [2.75, 3.05) is 25.6 Å². The lowest BCUT2D eigenvalue weighted by molar-refractivity contribution is 0.0600. The molecule has 0 saturated carbocycles. The summed E-state index contributed by atoms with van der Waals surface area (Å²) in [4.78, 5) is 45.9. The molecule has 1 aliphatic heterocycles. The first-order chi connectivity index (χ1) is 18.0. The first-order valence-electron chi connectivity index (χ1n) is 11.9. The normalized spacial score (nSPS) is 12.6. The van der Waals surface area contributed by atoms with Gasteiger partial charge >= 0.3 is 12.1 Å². The van der Waals surface area contributed by atoms with Crippen LogP contribution in [0.3, 0.4) is 0 Å². The largest absolute Gasteiger partial charge is 0.465 e. The van der Waals surface area contributed by atoms with Crippen LogP contribution < -0.4 is 5.32 Å². The minimum Gasteiger partial charge on any atom is -0.465 e. The Morgan fingerprint density at radius 3 is 2.59 bits per heavy atom. The first-order valence-corrected chi connectivity index (χ1v) is 12.7. The van der Waals surface area contributed by atoms with Crippen LogP contribution in [0.4, 0.5) is 9.80 Å². The van der Waals surface area contributed by atoms with Crippen molar-refractivity contribution in [2.45, 2.75) is 19.9 Å². The number of carbonyl (C=O) groups excluding carboxylic acids is 3. The van der Waals surface area contributed by atoms with Gasteiger partial charge in [-0.1, -0.05) is 48.5 Å². The van der Waals surface area contributed by atoms with Gasteiger partial charge in [0.25, 0.3) is 5.91 Å². The Bertz CT molecular complexity index is 1500. The number of rotatable bonds is 5. The van der Waals surface area contributed by atoms with E-state index in [4.69, 9.17) is 14.5 Å². The molecule has 8 nitrogen and oxygen atoms in total. The molecule has 2 aromatic carbocycles. The van der Waals surface area contributed by atoms with Crippen LogP contribution in [0.1, 0.15) is 38.1 Å². The number of amides is 2. The van der Waals surface area contributed by atoms with Crippen molar-refractivity contribution in [3.63, 3.8) is 0 Å². The van der Waals surface area contributed by atoms with Crippen molar-refractivity contribution in [3.8, 4) is 11.3 Å². The predicted octanol–water partition coefficient (Wildman–Crippen LogP) is 5.52. The number of aromatic nitrogens is 1. The number of pyridine rings is 1. The topological polar surface area (TPSA) is 97.8 Å². The van der Waals surface area contributed by atoms with Crippen molar-refractivity contribution in [1.29, 1.82) is 0 Å². The number of thiophene rings is 1. The van der Waals surface area contributed by atoms with E-state index in [1.165, 1.54) is 18.4 Å². The van der Waals surface area contributed by atoms with Gasteiger partial charge in [0.2, 0.25) is 0 Å². The fourth-order valence-corrected chi connectivity index (χ4v) is 5.72. The summed E-state index contributed by atoms with van der Waals surface area (Å²) in [5.41, 5.74) is 3.83. The van der Waals surface area contributed by atoms with Crippen molar-refractivity contribution < 1.29 is 23.9 Å². The van der Waals surface area contributed by atoms with Gasteiger partial charge in [-0.15, -0.1) is 11.3 Å². The maximum absolute atomic E-state index is 13.7. The second kappa shape index (κ2) is 10.4. The number of anilines is 1. The average molecular weight is 516 g/mol. The molecule has 1 aliphatic rings. The number of fused-ring (bicyclic) bond motifs is 2. The molecular weight excluding hydrogens is 490 g/mol. The molecule has 0 unspecified atom stereocenters. The smallest absolute Gasteiger partial charge is 0.410 e. The highest BCUT2D eigenvalue weighted by Crippen LogP contribution is 2.38. The number of nitrogens with one attached hydrogen (secondary N) is 1. The highest BCUT2D eigenvalue weighted by Gasteiger charge is 2.31. The van der Waals surface area contributed by atoms with Gasteiger partial charge in [-0.2, -0.15) is 0 Å². The zero-order valence-corrected chi connectivity index (χ0v) is 21.3. The van der Waals surface area contributed by atoms with E-state index < -0.39 is 12.1 Å². The molecule has 1 N–H and O–H groups in total. The monoisotopic (exact) mass is 515 g/mol. The summed E-state index contributed by atoms with van der Waals surface area (Å²) in [6.45, 7) is 2.75. The van der Waals surface area contributed by atoms with Crippen LogP contribution >= 0.6 is 11.3 Å². The lowest BCUT2D eigenvalue weighted by Crippen LogP contribution is -2.36. The van der Waals surface area contributed by atoms with Gasteiger partial charge in [0.15, 0.2) is 0 Å². The molecule has 37 heavy (non-hydrogen) atoms. The Morgan fingerprint density at radius 1 is 1.08 bits per heavy atom. The Balaban J connectivity index is 1.53. The minimum atomic E-state index is -0.526. The van der Waals surface area contributed by atoms with E-state index in [0.717, 1.165) is 16.0 Å². The Hall–Kier alpha value is -4.24. The van der Waals surface area contributed by atoms with Gasteiger partial charge in [-0.05, 0) is 31.0 Å². The molecule has 2 aromatic heterocycles. The Kier molecular flexibility index (Phi) is 6.87. The number of hydrogen-bond acceptors (Lipinski definition) is 7. The molecule has 9 heteroatoms. The third-order valence-electron chi connectivity index (χ3n) is 6.23. The highest BCUT2D eigenvalue weighted by molar-refractivity contribution is 7.17. The van der Waals surface area contributed by atoms with Crippen LogP contribution in [0, 0.1) is 0 Å². The van der Waals surface area contributed by atoms with E-state index in [9.17, 15) is 14.4 Å². The van der Waals surface area contributed by atoms with Crippen molar-refractivity contribution in [1.82, 2.24) is 9.88 Å². The SMILES string of the molecule is CCOC(=O)N1CCc2c(sc(NC(=O)c3cc(-c4ccccc4)nc4ccccc34)c2C(=O)OC)C1. The van der Waals surface area contributed by atoms with Crippen LogP contribution in [0.25, 0.3) is 22.2 Å². The summed E-state index contributed by atoms with van der Waals surface area (Å²) in [5.74, 6) is -0.885. The summed E-state index contributed by atoms with van der Waals surface area (Å²) >= 11 is 1.28.